The van der Waals surface area contributed by atoms with Crippen molar-refractivity contribution in [2.45, 2.75) is 18.4 Å². The van der Waals surface area contributed by atoms with Crippen molar-refractivity contribution in [3.63, 3.8) is 0 Å². The first kappa shape index (κ1) is 19.7. The smallest absolute Gasteiger partial charge is 0.238 e. The van der Waals surface area contributed by atoms with Crippen molar-refractivity contribution in [1.29, 1.82) is 0 Å². The normalized spacial score (nSPS) is 11.3. The van der Waals surface area contributed by atoms with E-state index in [2.05, 4.69) is 5.10 Å². The third kappa shape index (κ3) is 4.10. The van der Waals surface area contributed by atoms with E-state index in [1.807, 2.05) is 19.1 Å². The largest absolute Gasteiger partial charge is 0.493 e. The third-order valence-corrected chi connectivity index (χ3v) is 5.02. The molecule has 3 aromatic rings. The van der Waals surface area contributed by atoms with Crippen molar-refractivity contribution in [3.05, 3.63) is 59.9 Å². The molecule has 0 aliphatic carbocycles. The van der Waals surface area contributed by atoms with Crippen LogP contribution in [0.3, 0.4) is 0 Å². The minimum atomic E-state index is -3.73. The molecule has 0 atom stereocenters. The molecule has 0 aliphatic rings. The van der Waals surface area contributed by atoms with Gasteiger partial charge in [0.15, 0.2) is 11.5 Å². The van der Waals surface area contributed by atoms with E-state index in [1.54, 1.807) is 43.2 Å². The van der Waals surface area contributed by atoms with Crippen LogP contribution in [0.15, 0.2) is 53.4 Å². The van der Waals surface area contributed by atoms with E-state index >= 15 is 0 Å². The van der Waals surface area contributed by atoms with Gasteiger partial charge in [-0.2, -0.15) is 5.10 Å². The van der Waals surface area contributed by atoms with Crippen LogP contribution in [0.5, 0.6) is 17.2 Å². The van der Waals surface area contributed by atoms with Crippen LogP contribution in [0, 0.1) is 6.92 Å². The molecule has 2 aromatic carbocycles. The average molecular weight is 403 g/mol. The molecule has 0 unspecified atom stereocenters. The maximum absolute atomic E-state index is 11.4. The summed E-state index contributed by atoms with van der Waals surface area (Å²) in [6, 6.07) is 13.5. The highest BCUT2D eigenvalue weighted by molar-refractivity contribution is 7.89. The highest BCUT2D eigenvalue weighted by Crippen LogP contribution is 2.36. The molecule has 2 N–H and O–H groups in total. The van der Waals surface area contributed by atoms with Gasteiger partial charge in [-0.3, -0.25) is 0 Å². The number of rotatable bonds is 7. The Kier molecular flexibility index (Phi) is 5.57. The lowest BCUT2D eigenvalue weighted by Gasteiger charge is -2.12. The lowest BCUT2D eigenvalue weighted by Crippen LogP contribution is -2.12. The van der Waals surface area contributed by atoms with Crippen LogP contribution in [0.1, 0.15) is 11.4 Å². The Morgan fingerprint density at radius 1 is 1.04 bits per heavy atom. The minimum absolute atomic E-state index is 0.0507. The standard InChI is InChI=1S/C19H21N3O5S/c1-13-11-14(12-27-18-6-4-5-17(25-2)19(18)26-3)21-22(13)15-7-9-16(10-8-15)28(20,23)24/h4-11H,12H2,1-3H3,(H2,20,23,24). The molecule has 3 rings (SSSR count). The van der Waals surface area contributed by atoms with E-state index in [0.717, 1.165) is 11.4 Å². The molecule has 9 heteroatoms. The van der Waals surface area contributed by atoms with Gasteiger partial charge in [0.25, 0.3) is 0 Å². The molecule has 0 saturated carbocycles. The second kappa shape index (κ2) is 7.91. The highest BCUT2D eigenvalue weighted by atomic mass is 32.2. The predicted molar refractivity (Wildman–Crippen MR) is 104 cm³/mol. The Morgan fingerprint density at radius 2 is 1.71 bits per heavy atom. The molecule has 0 fully saturated rings. The van der Waals surface area contributed by atoms with E-state index in [1.165, 1.54) is 12.1 Å². The van der Waals surface area contributed by atoms with Gasteiger partial charge in [-0.15, -0.1) is 0 Å². The van der Waals surface area contributed by atoms with E-state index in [9.17, 15) is 8.42 Å². The van der Waals surface area contributed by atoms with Crippen LogP contribution < -0.4 is 19.3 Å². The Labute approximate surface area is 163 Å². The summed E-state index contributed by atoms with van der Waals surface area (Å²) in [6.45, 7) is 2.13. The number of hydrogen-bond donors (Lipinski definition) is 1. The fraction of sp³-hybridized carbons (Fsp3) is 0.211. The molecule has 1 heterocycles. The molecule has 0 aliphatic heterocycles. The zero-order chi connectivity index (χ0) is 20.3. The highest BCUT2D eigenvalue weighted by Gasteiger charge is 2.13. The monoisotopic (exact) mass is 403 g/mol. The second-order valence-corrected chi connectivity index (χ2v) is 7.57. The van der Waals surface area contributed by atoms with Crippen molar-refractivity contribution in [2.75, 3.05) is 14.2 Å². The molecule has 0 amide bonds. The summed E-state index contributed by atoms with van der Waals surface area (Å²) >= 11 is 0. The SMILES string of the molecule is COc1cccc(OCc2cc(C)n(-c3ccc(S(N)(=O)=O)cc3)n2)c1OC. The number of primary sulfonamides is 1. The second-order valence-electron chi connectivity index (χ2n) is 6.01. The van der Waals surface area contributed by atoms with Gasteiger partial charge in [-0.05, 0) is 49.4 Å². The van der Waals surface area contributed by atoms with Gasteiger partial charge in [0.1, 0.15) is 12.3 Å². The van der Waals surface area contributed by atoms with E-state index in [4.69, 9.17) is 19.3 Å². The number of benzene rings is 2. The average Bonchev–Trinajstić information content (AvgIpc) is 3.05. The molecule has 28 heavy (non-hydrogen) atoms. The van der Waals surface area contributed by atoms with Crippen LogP contribution in [0.4, 0.5) is 0 Å². The number of ether oxygens (including phenoxy) is 3. The van der Waals surface area contributed by atoms with Crippen molar-refractivity contribution in [1.82, 2.24) is 9.78 Å². The number of nitrogens with zero attached hydrogens (tertiary/aromatic N) is 2. The third-order valence-electron chi connectivity index (χ3n) is 4.09. The maximum Gasteiger partial charge on any atom is 0.238 e. The van der Waals surface area contributed by atoms with Gasteiger partial charge < -0.3 is 14.2 Å². The fourth-order valence-corrected chi connectivity index (χ4v) is 3.29. The zero-order valence-electron chi connectivity index (χ0n) is 15.7. The van der Waals surface area contributed by atoms with Crippen LogP contribution in [0.25, 0.3) is 5.69 Å². The maximum atomic E-state index is 11.4. The first-order valence-corrected chi connectivity index (χ1v) is 9.90. The summed E-state index contributed by atoms with van der Waals surface area (Å²) in [6.07, 6.45) is 0. The Bertz CT molecular complexity index is 1080. The molecular weight excluding hydrogens is 382 g/mol. The topological polar surface area (TPSA) is 106 Å². The number of methoxy groups -OCH3 is 2. The summed E-state index contributed by atoms with van der Waals surface area (Å²) in [7, 11) is -0.616. The number of nitrogens with two attached hydrogens (primary N) is 1. The molecule has 0 bridgehead atoms. The molecule has 8 nitrogen and oxygen atoms in total. The number of aromatic nitrogens is 2. The summed E-state index contributed by atoms with van der Waals surface area (Å²) in [4.78, 5) is 0.0507. The van der Waals surface area contributed by atoms with Crippen molar-refractivity contribution >= 4 is 10.0 Å². The minimum Gasteiger partial charge on any atom is -0.493 e. The van der Waals surface area contributed by atoms with Crippen molar-refractivity contribution < 1.29 is 22.6 Å². The Hall–Kier alpha value is -3.04. The van der Waals surface area contributed by atoms with Gasteiger partial charge in [0.05, 0.1) is 24.8 Å². The van der Waals surface area contributed by atoms with Gasteiger partial charge in [-0.1, -0.05) is 6.07 Å². The summed E-state index contributed by atoms with van der Waals surface area (Å²) < 4.78 is 41.0. The predicted octanol–water partition coefficient (Wildman–Crippen LogP) is 2.42. The molecule has 1 aromatic heterocycles. The number of para-hydroxylation sites is 1. The fourth-order valence-electron chi connectivity index (χ4n) is 2.77. The van der Waals surface area contributed by atoms with Crippen LogP contribution in [-0.4, -0.2) is 32.4 Å². The van der Waals surface area contributed by atoms with Crippen LogP contribution in [-0.2, 0) is 16.6 Å². The van der Waals surface area contributed by atoms with E-state index in [0.29, 0.717) is 22.9 Å². The molecule has 0 saturated heterocycles. The summed E-state index contributed by atoms with van der Waals surface area (Å²) in [5, 5.41) is 9.66. The first-order valence-electron chi connectivity index (χ1n) is 8.36. The molecule has 0 radical (unpaired) electrons. The van der Waals surface area contributed by atoms with Gasteiger partial charge >= 0.3 is 0 Å². The number of aryl methyl sites for hydroxylation is 1. The molecule has 0 spiro atoms. The quantitative estimate of drug-likeness (QED) is 0.649. The van der Waals surface area contributed by atoms with Crippen molar-refractivity contribution in [2.24, 2.45) is 5.14 Å². The zero-order valence-corrected chi connectivity index (χ0v) is 16.6. The van der Waals surface area contributed by atoms with E-state index in [-0.39, 0.29) is 11.5 Å². The van der Waals surface area contributed by atoms with Crippen LogP contribution >= 0.6 is 0 Å². The lowest BCUT2D eigenvalue weighted by atomic mass is 10.3. The Balaban J connectivity index is 1.80. The first-order chi connectivity index (χ1) is 13.3. The summed E-state index contributed by atoms with van der Waals surface area (Å²) in [5.74, 6) is 1.64. The van der Waals surface area contributed by atoms with Crippen molar-refractivity contribution in [3.8, 4) is 22.9 Å². The lowest BCUT2D eigenvalue weighted by molar-refractivity contribution is 0.272. The van der Waals surface area contributed by atoms with Gasteiger partial charge in [0, 0.05) is 5.69 Å². The van der Waals surface area contributed by atoms with E-state index < -0.39 is 10.0 Å². The number of hydrogen-bond acceptors (Lipinski definition) is 6. The van der Waals surface area contributed by atoms with Crippen LogP contribution in [0.2, 0.25) is 0 Å². The van der Waals surface area contributed by atoms with Gasteiger partial charge in [0.2, 0.25) is 15.8 Å². The Morgan fingerprint density at radius 3 is 2.32 bits per heavy atom. The van der Waals surface area contributed by atoms with Gasteiger partial charge in [-0.25, -0.2) is 18.2 Å². The number of sulfonamides is 1. The molecular formula is C19H21N3O5S. The molecule has 148 valence electrons. The summed E-state index contributed by atoms with van der Waals surface area (Å²) in [5.41, 5.74) is 2.30.